The van der Waals surface area contributed by atoms with E-state index in [-0.39, 0.29) is 11.2 Å². The third-order valence-electron chi connectivity index (χ3n) is 5.74. The number of alkyl halides is 7. The van der Waals surface area contributed by atoms with Gasteiger partial charge >= 0.3 is 18.0 Å². The van der Waals surface area contributed by atoms with E-state index in [9.17, 15) is 36.0 Å². The molecule has 180 valence electrons. The van der Waals surface area contributed by atoms with Gasteiger partial charge in [0.05, 0.1) is 28.4 Å². The van der Waals surface area contributed by atoms with Crippen molar-refractivity contribution in [2.45, 2.75) is 36.3 Å². The Morgan fingerprint density at radius 3 is 2.15 bits per heavy atom. The molecule has 5 nitrogen and oxygen atoms in total. The van der Waals surface area contributed by atoms with Gasteiger partial charge in [0.25, 0.3) is 0 Å². The van der Waals surface area contributed by atoms with Crippen molar-refractivity contribution in [3.63, 3.8) is 0 Å². The van der Waals surface area contributed by atoms with Crippen LogP contribution in [0.25, 0.3) is 16.9 Å². The molecule has 0 aromatic carbocycles. The number of halogens is 9. The standard InChI is InChI=1S/C20H12Cl2F7N5/c1-33-14(18(23,19(24,25)26)20(27,28)29)5-13(21)16(33)34-8-11(7-32-34)10-4-12(15(22)31-6-10)17(9-30)2-3-17/h4-8H,2-3H2,1H3. The Balaban J connectivity index is 1.79. The third kappa shape index (κ3) is 3.53. The van der Waals surface area contributed by atoms with Gasteiger partial charge in [0.1, 0.15) is 5.15 Å². The summed E-state index contributed by atoms with van der Waals surface area (Å²) in [7, 11) is 0.815. The lowest BCUT2D eigenvalue weighted by Crippen LogP contribution is -2.51. The Morgan fingerprint density at radius 1 is 1.00 bits per heavy atom. The summed E-state index contributed by atoms with van der Waals surface area (Å²) in [6, 6.07) is 4.07. The van der Waals surface area contributed by atoms with E-state index >= 15 is 0 Å². The first-order valence-electron chi connectivity index (χ1n) is 9.47. The predicted octanol–water partition coefficient (Wildman–Crippen LogP) is 6.42. The molecule has 0 spiro atoms. The SMILES string of the molecule is Cn1c(C(F)(C(F)(F)F)C(F)(F)F)cc(Cl)c1-n1cc(-c2cnc(Cl)c(C3(C#N)CC3)c2)cn1. The highest BCUT2D eigenvalue weighted by atomic mass is 35.5. The number of rotatable bonds is 4. The normalized spacial score (nSPS) is 15.9. The fraction of sp³-hybridized carbons (Fsp3) is 0.350. The average Bonchev–Trinajstić information content (AvgIpc) is 3.29. The largest absolute Gasteiger partial charge is 0.437 e. The molecule has 4 rings (SSSR count). The Kier molecular flexibility index (Phi) is 5.45. The van der Waals surface area contributed by atoms with Crippen molar-refractivity contribution >= 4 is 23.2 Å². The van der Waals surface area contributed by atoms with Crippen LogP contribution < -0.4 is 0 Å². The molecule has 34 heavy (non-hydrogen) atoms. The molecule has 1 fully saturated rings. The monoisotopic (exact) mass is 525 g/mol. The summed E-state index contributed by atoms with van der Waals surface area (Å²) in [4.78, 5) is 4.06. The zero-order valence-corrected chi connectivity index (χ0v) is 18.5. The molecule has 0 aliphatic heterocycles. The quantitative estimate of drug-likeness (QED) is 0.291. The molecule has 14 heteroatoms. The molecule has 0 N–H and O–H groups in total. The summed E-state index contributed by atoms with van der Waals surface area (Å²) in [5, 5.41) is 12.9. The van der Waals surface area contributed by atoms with Gasteiger partial charge in [0.2, 0.25) is 0 Å². The number of aromatic nitrogens is 4. The van der Waals surface area contributed by atoms with Crippen LogP contribution in [0.2, 0.25) is 10.2 Å². The summed E-state index contributed by atoms with van der Waals surface area (Å²) in [6.07, 6.45) is -7.49. The maximum atomic E-state index is 14.6. The van der Waals surface area contributed by atoms with Gasteiger partial charge in [-0.3, -0.25) is 0 Å². The van der Waals surface area contributed by atoms with Gasteiger partial charge in [0.15, 0.2) is 5.82 Å². The fourth-order valence-electron chi connectivity index (χ4n) is 3.70. The first-order chi connectivity index (χ1) is 15.7. The molecular weight excluding hydrogens is 514 g/mol. The van der Waals surface area contributed by atoms with Gasteiger partial charge in [-0.05, 0) is 25.0 Å². The Morgan fingerprint density at radius 2 is 1.62 bits per heavy atom. The van der Waals surface area contributed by atoms with Gasteiger partial charge in [-0.1, -0.05) is 23.2 Å². The van der Waals surface area contributed by atoms with Gasteiger partial charge in [-0.2, -0.15) is 36.7 Å². The van der Waals surface area contributed by atoms with Crippen molar-refractivity contribution in [3.05, 3.63) is 52.2 Å². The second kappa shape index (κ2) is 7.61. The van der Waals surface area contributed by atoms with Crippen LogP contribution in [0.5, 0.6) is 0 Å². The minimum atomic E-state index is -6.29. The summed E-state index contributed by atoms with van der Waals surface area (Å²) in [5.74, 6) is -0.420. The van der Waals surface area contributed by atoms with Gasteiger partial charge in [-0.15, -0.1) is 0 Å². The third-order valence-corrected chi connectivity index (χ3v) is 6.32. The van der Waals surface area contributed by atoms with Crippen LogP contribution in [0.1, 0.15) is 24.1 Å². The van der Waals surface area contributed by atoms with Gasteiger partial charge in [-0.25, -0.2) is 14.1 Å². The number of hydrogen-bond acceptors (Lipinski definition) is 3. The van der Waals surface area contributed by atoms with Crippen LogP contribution in [0.3, 0.4) is 0 Å². The second-order valence-corrected chi connectivity index (χ2v) is 8.61. The van der Waals surface area contributed by atoms with E-state index in [1.165, 1.54) is 18.6 Å². The first-order valence-corrected chi connectivity index (χ1v) is 10.2. The maximum absolute atomic E-state index is 14.6. The highest BCUT2D eigenvalue weighted by Gasteiger charge is 2.75. The van der Waals surface area contributed by atoms with Gasteiger partial charge < -0.3 is 4.57 Å². The molecule has 0 unspecified atom stereocenters. The van der Waals surface area contributed by atoms with E-state index in [0.717, 1.165) is 11.7 Å². The van der Waals surface area contributed by atoms with Crippen molar-refractivity contribution in [1.82, 2.24) is 19.3 Å². The first kappa shape index (κ1) is 24.3. The molecule has 0 amide bonds. The van der Waals surface area contributed by atoms with Crippen molar-refractivity contribution in [3.8, 4) is 23.0 Å². The van der Waals surface area contributed by atoms with E-state index in [1.807, 2.05) is 0 Å². The van der Waals surface area contributed by atoms with E-state index < -0.39 is 40.0 Å². The number of nitrogens with zero attached hydrogens (tertiary/aromatic N) is 5. The molecule has 0 radical (unpaired) electrons. The van der Waals surface area contributed by atoms with Crippen molar-refractivity contribution in [2.24, 2.45) is 7.05 Å². The number of pyridine rings is 1. The van der Waals surface area contributed by atoms with E-state index in [4.69, 9.17) is 23.2 Å². The van der Waals surface area contributed by atoms with Crippen LogP contribution >= 0.6 is 23.2 Å². The molecule has 1 saturated carbocycles. The number of nitriles is 1. The summed E-state index contributed by atoms with van der Waals surface area (Å²) in [6.45, 7) is 0. The molecular formula is C20H12Cl2F7N5. The molecule has 0 bridgehead atoms. The number of hydrogen-bond donors (Lipinski definition) is 0. The van der Waals surface area contributed by atoms with Crippen molar-refractivity contribution < 1.29 is 30.7 Å². The lowest BCUT2D eigenvalue weighted by molar-refractivity contribution is -0.350. The van der Waals surface area contributed by atoms with Crippen molar-refractivity contribution in [2.75, 3.05) is 0 Å². The van der Waals surface area contributed by atoms with E-state index in [0.29, 0.717) is 34.1 Å². The molecule has 1 aliphatic rings. The smallest absolute Gasteiger partial charge is 0.328 e. The summed E-state index contributed by atoms with van der Waals surface area (Å²) >= 11 is 12.1. The molecule has 3 heterocycles. The summed E-state index contributed by atoms with van der Waals surface area (Å²) < 4.78 is 95.2. The summed E-state index contributed by atoms with van der Waals surface area (Å²) in [5.41, 5.74) is -6.86. The lowest BCUT2D eigenvalue weighted by Gasteiger charge is -2.30. The highest BCUT2D eigenvalue weighted by molar-refractivity contribution is 6.32. The molecule has 0 saturated heterocycles. The van der Waals surface area contributed by atoms with Crippen LogP contribution in [-0.4, -0.2) is 31.7 Å². The minimum Gasteiger partial charge on any atom is -0.328 e. The fourth-order valence-corrected chi connectivity index (χ4v) is 4.30. The minimum absolute atomic E-state index is 0.142. The molecule has 1 aliphatic carbocycles. The Bertz CT molecular complexity index is 1300. The van der Waals surface area contributed by atoms with Crippen molar-refractivity contribution in [1.29, 1.82) is 5.26 Å². The van der Waals surface area contributed by atoms with Crippen LogP contribution in [0, 0.1) is 11.3 Å². The maximum Gasteiger partial charge on any atom is 0.437 e. The zero-order valence-electron chi connectivity index (χ0n) is 16.9. The topological polar surface area (TPSA) is 59.4 Å². The Labute approximate surface area is 197 Å². The average molecular weight is 526 g/mol. The predicted molar refractivity (Wildman–Crippen MR) is 107 cm³/mol. The molecule has 3 aromatic rings. The van der Waals surface area contributed by atoms with Crippen LogP contribution in [-0.2, 0) is 18.1 Å². The van der Waals surface area contributed by atoms with E-state index in [2.05, 4.69) is 16.2 Å². The highest BCUT2D eigenvalue weighted by Crippen LogP contribution is 2.54. The van der Waals surface area contributed by atoms with E-state index in [1.54, 1.807) is 6.07 Å². The zero-order chi connectivity index (χ0) is 25.3. The molecule has 0 atom stereocenters. The van der Waals surface area contributed by atoms with Crippen LogP contribution in [0.4, 0.5) is 30.7 Å². The Hall–Kier alpha value is -2.78. The lowest BCUT2D eigenvalue weighted by atomic mass is 9.97. The second-order valence-electron chi connectivity index (χ2n) is 7.84. The molecule has 3 aromatic heterocycles. The van der Waals surface area contributed by atoms with Crippen LogP contribution in [0.15, 0.2) is 30.7 Å². The van der Waals surface area contributed by atoms with Gasteiger partial charge in [0, 0.05) is 36.1 Å².